The number of alkyl carbamates (subject to hydrolysis) is 1. The molecule has 0 aliphatic carbocycles. The minimum atomic E-state index is -1.11. The van der Waals surface area contributed by atoms with E-state index < -0.39 is 19.8 Å². The molecule has 1 amide bonds. The van der Waals surface area contributed by atoms with Gasteiger partial charge in [0.25, 0.3) is 0 Å². The van der Waals surface area contributed by atoms with Crippen LogP contribution in [0, 0.1) is 0 Å². The van der Waals surface area contributed by atoms with E-state index in [9.17, 15) is 4.79 Å². The summed E-state index contributed by atoms with van der Waals surface area (Å²) in [6.07, 6.45) is 1.22. The van der Waals surface area contributed by atoms with Crippen LogP contribution in [-0.4, -0.2) is 48.6 Å². The Bertz CT molecular complexity index is 858. The maximum Gasteiger partial charge on any atom is 0.407 e. The lowest BCUT2D eigenvalue weighted by Crippen LogP contribution is -2.37. The third-order valence-corrected chi connectivity index (χ3v) is 6.40. The number of amides is 1. The lowest BCUT2D eigenvalue weighted by molar-refractivity contribution is 0.0503. The van der Waals surface area contributed by atoms with E-state index in [0.717, 1.165) is 28.2 Å². The molecule has 0 saturated carbocycles. The Morgan fingerprint density at radius 2 is 2.03 bits per heavy atom. The van der Waals surface area contributed by atoms with Crippen LogP contribution in [0.3, 0.4) is 0 Å². The van der Waals surface area contributed by atoms with Crippen molar-refractivity contribution < 1.29 is 19.0 Å². The van der Waals surface area contributed by atoms with Crippen molar-refractivity contribution >= 4 is 41.1 Å². The van der Waals surface area contributed by atoms with Gasteiger partial charge >= 0.3 is 6.09 Å². The third kappa shape index (κ3) is 8.27. The average molecular weight is 501 g/mol. The van der Waals surface area contributed by atoms with Gasteiger partial charge in [-0.25, -0.2) is 4.79 Å². The summed E-state index contributed by atoms with van der Waals surface area (Å²) in [5.74, 6) is 0.475. The van der Waals surface area contributed by atoms with Gasteiger partial charge in [0, 0.05) is 26.3 Å². The molecule has 2 aromatic rings. The van der Waals surface area contributed by atoms with E-state index in [0.29, 0.717) is 19.2 Å². The van der Waals surface area contributed by atoms with Crippen molar-refractivity contribution in [2.45, 2.75) is 71.8 Å². The number of pyridine rings is 1. The molecule has 0 aromatic carbocycles. The number of halogens is 1. The van der Waals surface area contributed by atoms with E-state index in [1.807, 2.05) is 50.6 Å². The molecular weight excluding hydrogens is 466 g/mol. The summed E-state index contributed by atoms with van der Waals surface area (Å²) in [5, 5.41) is 3.72. The molecule has 1 N–H and O–H groups in total. The van der Waals surface area contributed by atoms with Crippen LogP contribution in [-0.2, 0) is 16.2 Å². The maximum absolute atomic E-state index is 11.8. The van der Waals surface area contributed by atoms with Crippen LogP contribution in [0.5, 0.6) is 5.88 Å². The largest absolute Gasteiger partial charge is 0.472 e. The number of nitrogens with one attached hydrogen (secondary N) is 1. The van der Waals surface area contributed by atoms with Gasteiger partial charge in [-0.05, 0) is 61.8 Å². The maximum atomic E-state index is 11.8. The molecule has 2 aromatic heterocycles. The first-order valence-corrected chi connectivity index (χ1v) is 14.7. The molecule has 0 aliphatic heterocycles. The first kappa shape index (κ1) is 24.7. The van der Waals surface area contributed by atoms with Gasteiger partial charge in [0.05, 0.1) is 11.0 Å². The predicted molar refractivity (Wildman–Crippen MR) is 126 cm³/mol. The second kappa shape index (κ2) is 10.1. The number of rotatable bonds is 9. The Hall–Kier alpha value is -1.58. The summed E-state index contributed by atoms with van der Waals surface area (Å²) in [5.41, 5.74) is 0.264. The third-order valence-electron chi connectivity index (χ3n) is 4.13. The summed E-state index contributed by atoms with van der Waals surface area (Å²) in [6, 6.07) is 5.11. The van der Waals surface area contributed by atoms with E-state index in [1.165, 1.54) is 0 Å². The Labute approximate surface area is 188 Å². The highest BCUT2D eigenvalue weighted by Gasteiger charge is 2.18. The molecule has 0 aliphatic rings. The molecule has 7 nitrogen and oxygen atoms in total. The second-order valence-electron chi connectivity index (χ2n) is 9.63. The fraction of sp³-hybridized carbons (Fsp3) is 0.619. The number of carbonyl (C=O) groups excluding carboxylic acids is 1. The van der Waals surface area contributed by atoms with Gasteiger partial charge in [0.1, 0.15) is 24.1 Å². The van der Waals surface area contributed by atoms with Crippen molar-refractivity contribution in [1.29, 1.82) is 0 Å². The number of hydrogen-bond acceptors (Lipinski definition) is 5. The monoisotopic (exact) mass is 499 g/mol. The molecule has 0 radical (unpaired) electrons. The van der Waals surface area contributed by atoms with Gasteiger partial charge < -0.3 is 24.1 Å². The fourth-order valence-electron chi connectivity index (χ4n) is 2.57. The Balaban J connectivity index is 1.98. The van der Waals surface area contributed by atoms with Crippen molar-refractivity contribution in [2.75, 3.05) is 13.2 Å². The SMILES string of the molecule is C[C@H](CNC(=O)OC(C)(C)C)Oc1nc2c(ccn2COCC[Si](C)(C)C)cc1Br. The second-order valence-corrected chi connectivity index (χ2v) is 16.1. The van der Waals surface area contributed by atoms with Crippen molar-refractivity contribution in [3.05, 3.63) is 22.8 Å². The number of hydrogen-bond donors (Lipinski definition) is 1. The normalized spacial score (nSPS) is 13.3. The van der Waals surface area contributed by atoms with Gasteiger partial charge in [-0.15, -0.1) is 0 Å². The molecule has 30 heavy (non-hydrogen) atoms. The highest BCUT2D eigenvalue weighted by atomic mass is 79.9. The molecule has 1 atom stereocenters. The van der Waals surface area contributed by atoms with E-state index in [-0.39, 0.29) is 6.10 Å². The van der Waals surface area contributed by atoms with Crippen molar-refractivity contribution in [1.82, 2.24) is 14.9 Å². The molecule has 168 valence electrons. The predicted octanol–water partition coefficient (Wildman–Crippen LogP) is 5.40. The zero-order valence-corrected chi connectivity index (χ0v) is 21.6. The Morgan fingerprint density at radius 1 is 1.33 bits per heavy atom. The number of nitrogens with zero attached hydrogens (tertiary/aromatic N) is 2. The van der Waals surface area contributed by atoms with Crippen LogP contribution in [0.15, 0.2) is 22.8 Å². The summed E-state index contributed by atoms with van der Waals surface area (Å²) < 4.78 is 19.8. The lowest BCUT2D eigenvalue weighted by atomic mass is 10.2. The molecule has 0 spiro atoms. The highest BCUT2D eigenvalue weighted by molar-refractivity contribution is 9.10. The average Bonchev–Trinajstić information content (AvgIpc) is 2.97. The minimum Gasteiger partial charge on any atom is -0.472 e. The summed E-state index contributed by atoms with van der Waals surface area (Å²) >= 11 is 3.53. The van der Waals surface area contributed by atoms with Gasteiger partial charge in [0.15, 0.2) is 0 Å². The Morgan fingerprint density at radius 3 is 2.67 bits per heavy atom. The number of aromatic nitrogens is 2. The minimum absolute atomic E-state index is 0.282. The number of carbonyl (C=O) groups is 1. The van der Waals surface area contributed by atoms with Crippen LogP contribution in [0.2, 0.25) is 25.7 Å². The Kier molecular flexibility index (Phi) is 8.35. The van der Waals surface area contributed by atoms with Gasteiger partial charge in [-0.3, -0.25) is 0 Å². The standard InChI is InChI=1S/C21H34BrN3O4Si/c1-15(13-23-20(26)29-21(2,3)4)28-19-17(22)12-16-8-9-25(18(16)24-19)14-27-10-11-30(5,6)7/h8-9,12,15H,10-11,13-14H2,1-7H3,(H,23,26)/t15-/m1/s1. The van der Waals surface area contributed by atoms with Crippen LogP contribution in [0.25, 0.3) is 11.0 Å². The molecular formula is C21H34BrN3O4Si. The fourth-order valence-corrected chi connectivity index (χ4v) is 3.76. The molecule has 0 fully saturated rings. The smallest absolute Gasteiger partial charge is 0.407 e. The van der Waals surface area contributed by atoms with E-state index in [1.54, 1.807) is 0 Å². The van der Waals surface area contributed by atoms with Gasteiger partial charge in [-0.2, -0.15) is 4.98 Å². The van der Waals surface area contributed by atoms with E-state index in [4.69, 9.17) is 14.2 Å². The van der Waals surface area contributed by atoms with Gasteiger partial charge in [-0.1, -0.05) is 19.6 Å². The van der Waals surface area contributed by atoms with Crippen molar-refractivity contribution in [2.24, 2.45) is 0 Å². The zero-order chi connectivity index (χ0) is 22.5. The molecule has 0 unspecified atom stereocenters. The number of ether oxygens (including phenoxy) is 3. The molecule has 0 saturated heterocycles. The summed E-state index contributed by atoms with van der Waals surface area (Å²) in [6.45, 7) is 15.9. The molecule has 0 bridgehead atoms. The van der Waals surface area contributed by atoms with Crippen LogP contribution >= 0.6 is 15.9 Å². The van der Waals surface area contributed by atoms with E-state index in [2.05, 4.69) is 45.9 Å². The number of fused-ring (bicyclic) bond motifs is 1. The van der Waals surface area contributed by atoms with Crippen molar-refractivity contribution in [3.8, 4) is 5.88 Å². The first-order chi connectivity index (χ1) is 13.8. The summed E-state index contributed by atoms with van der Waals surface area (Å²) in [4.78, 5) is 16.5. The molecule has 2 heterocycles. The van der Waals surface area contributed by atoms with Crippen LogP contribution in [0.1, 0.15) is 27.7 Å². The molecule has 2 rings (SSSR count). The van der Waals surface area contributed by atoms with Crippen molar-refractivity contribution in [3.63, 3.8) is 0 Å². The zero-order valence-electron chi connectivity index (χ0n) is 19.0. The van der Waals surface area contributed by atoms with Crippen LogP contribution in [0.4, 0.5) is 4.79 Å². The molecule has 9 heteroatoms. The first-order valence-electron chi connectivity index (χ1n) is 10.2. The lowest BCUT2D eigenvalue weighted by Gasteiger charge is -2.21. The topological polar surface area (TPSA) is 74.6 Å². The quantitative estimate of drug-likeness (QED) is 0.369. The summed E-state index contributed by atoms with van der Waals surface area (Å²) in [7, 11) is -1.11. The van der Waals surface area contributed by atoms with Crippen LogP contribution < -0.4 is 10.1 Å². The van der Waals surface area contributed by atoms with E-state index >= 15 is 0 Å². The van der Waals surface area contributed by atoms with Gasteiger partial charge in [0.2, 0.25) is 5.88 Å². The highest BCUT2D eigenvalue weighted by Crippen LogP contribution is 2.28.